The van der Waals surface area contributed by atoms with Crippen LogP contribution in [0.2, 0.25) is 0 Å². The van der Waals surface area contributed by atoms with Crippen LogP contribution < -0.4 is 5.32 Å². The van der Waals surface area contributed by atoms with E-state index in [2.05, 4.69) is 10.1 Å². The van der Waals surface area contributed by atoms with E-state index in [1.165, 1.54) is 6.08 Å². The number of esters is 2. The molecule has 0 radical (unpaired) electrons. The molecule has 0 fully saturated rings. The molecule has 4 nitrogen and oxygen atoms in total. The summed E-state index contributed by atoms with van der Waals surface area (Å²) in [4.78, 5) is 21.8. The van der Waals surface area contributed by atoms with E-state index in [0.29, 0.717) is 12.1 Å². The number of cyclic esters (lactones) is 2. The third-order valence-electron chi connectivity index (χ3n) is 1.83. The lowest BCUT2D eigenvalue weighted by Crippen LogP contribution is -2.16. The smallest absolute Gasteiger partial charge is 0.346 e. The molecule has 4 heteroatoms. The summed E-state index contributed by atoms with van der Waals surface area (Å²) in [6, 6.07) is 0. The molecule has 0 amide bonds. The maximum Gasteiger partial charge on any atom is 0.346 e. The van der Waals surface area contributed by atoms with E-state index in [4.69, 9.17) is 0 Å². The quantitative estimate of drug-likeness (QED) is 0.454. The molecule has 0 aliphatic carbocycles. The molecular weight excluding hydrogens is 170 g/mol. The van der Waals surface area contributed by atoms with E-state index in [1.807, 2.05) is 0 Å². The lowest BCUT2D eigenvalue weighted by molar-refractivity contribution is -0.150. The van der Waals surface area contributed by atoms with Crippen molar-refractivity contribution < 1.29 is 14.3 Å². The molecule has 0 bridgehead atoms. The molecule has 13 heavy (non-hydrogen) atoms. The molecule has 0 aromatic heterocycles. The molecule has 0 unspecified atom stereocenters. The number of dihydropyridines is 1. The third-order valence-corrected chi connectivity index (χ3v) is 1.83. The van der Waals surface area contributed by atoms with Crippen LogP contribution >= 0.6 is 0 Å². The number of hydrogen-bond acceptors (Lipinski definition) is 4. The van der Waals surface area contributed by atoms with Crippen LogP contribution in [-0.2, 0) is 14.3 Å². The lowest BCUT2D eigenvalue weighted by Gasteiger charge is -2.08. The van der Waals surface area contributed by atoms with Crippen molar-refractivity contribution in [3.8, 4) is 0 Å². The van der Waals surface area contributed by atoms with Crippen LogP contribution in [0, 0.1) is 0 Å². The zero-order valence-electron chi connectivity index (χ0n) is 6.74. The fraction of sp³-hybridized carbons (Fsp3) is 0.111. The van der Waals surface area contributed by atoms with Gasteiger partial charge in [-0.15, -0.1) is 0 Å². The van der Waals surface area contributed by atoms with Crippen molar-refractivity contribution >= 4 is 11.9 Å². The molecule has 66 valence electrons. The van der Waals surface area contributed by atoms with Gasteiger partial charge in [0.15, 0.2) is 0 Å². The van der Waals surface area contributed by atoms with E-state index in [0.717, 1.165) is 5.57 Å². The molecule has 2 aliphatic rings. The Kier molecular flexibility index (Phi) is 1.73. The molecular formula is C9H7NO3. The van der Waals surface area contributed by atoms with Gasteiger partial charge in [-0.2, -0.15) is 0 Å². The zero-order chi connectivity index (χ0) is 9.26. The van der Waals surface area contributed by atoms with E-state index >= 15 is 0 Å². The highest BCUT2D eigenvalue weighted by Crippen LogP contribution is 2.18. The second kappa shape index (κ2) is 2.90. The summed E-state index contributed by atoms with van der Waals surface area (Å²) in [5, 5.41) is 2.94. The highest BCUT2D eigenvalue weighted by molar-refractivity contribution is 6.11. The van der Waals surface area contributed by atoms with Crippen molar-refractivity contribution in [2.45, 2.75) is 0 Å². The maximum absolute atomic E-state index is 11.1. The Morgan fingerprint density at radius 2 is 2.23 bits per heavy atom. The Hall–Kier alpha value is -1.84. The molecule has 1 N–H and O–H groups in total. The molecule has 2 rings (SSSR count). The summed E-state index contributed by atoms with van der Waals surface area (Å²) in [6.45, 7) is 0.546. The fourth-order valence-corrected chi connectivity index (χ4v) is 1.22. The van der Waals surface area contributed by atoms with Crippen LogP contribution in [0.25, 0.3) is 0 Å². The Bertz CT molecular complexity index is 363. The predicted molar refractivity (Wildman–Crippen MR) is 44.4 cm³/mol. The van der Waals surface area contributed by atoms with Gasteiger partial charge in [-0.3, -0.25) is 0 Å². The largest absolute Gasteiger partial charge is 0.387 e. The van der Waals surface area contributed by atoms with Gasteiger partial charge in [-0.25, -0.2) is 9.59 Å². The fourth-order valence-electron chi connectivity index (χ4n) is 1.22. The number of hydrogen-bond donors (Lipinski definition) is 1. The molecule has 0 atom stereocenters. The average molecular weight is 177 g/mol. The molecule has 0 saturated carbocycles. The predicted octanol–water partition coefficient (Wildman–Crippen LogP) is 0.0395. The number of nitrogens with one attached hydrogen (secondary N) is 1. The van der Waals surface area contributed by atoms with E-state index < -0.39 is 11.9 Å². The van der Waals surface area contributed by atoms with Crippen molar-refractivity contribution in [2.75, 3.05) is 6.54 Å². The number of ether oxygens (including phenoxy) is 1. The van der Waals surface area contributed by atoms with Gasteiger partial charge < -0.3 is 10.1 Å². The van der Waals surface area contributed by atoms with Gasteiger partial charge >= 0.3 is 11.9 Å². The van der Waals surface area contributed by atoms with Gasteiger partial charge in [0.25, 0.3) is 0 Å². The minimum Gasteiger partial charge on any atom is -0.387 e. The second-order valence-electron chi connectivity index (χ2n) is 2.70. The summed E-state index contributed by atoms with van der Waals surface area (Å²) in [5.74, 6) is -1.15. The monoisotopic (exact) mass is 177 g/mol. The first kappa shape index (κ1) is 7.79. The first-order valence-electron chi connectivity index (χ1n) is 3.84. The summed E-state index contributed by atoms with van der Waals surface area (Å²) >= 11 is 0. The van der Waals surface area contributed by atoms with Gasteiger partial charge in [0, 0.05) is 12.6 Å². The highest BCUT2D eigenvalue weighted by atomic mass is 16.6. The molecule has 0 aromatic carbocycles. The normalized spacial score (nSPS) is 20.6. The molecule has 0 aromatic rings. The number of carbonyl (C=O) groups is 2. The Morgan fingerprint density at radius 3 is 2.77 bits per heavy atom. The van der Waals surface area contributed by atoms with Crippen LogP contribution in [0.3, 0.4) is 0 Å². The summed E-state index contributed by atoms with van der Waals surface area (Å²) in [5.41, 5.74) is 1.13. The topological polar surface area (TPSA) is 55.4 Å². The van der Waals surface area contributed by atoms with Gasteiger partial charge in [0.1, 0.15) is 0 Å². The second-order valence-corrected chi connectivity index (χ2v) is 2.70. The molecule has 2 heterocycles. The van der Waals surface area contributed by atoms with Crippen LogP contribution in [-0.4, -0.2) is 18.5 Å². The van der Waals surface area contributed by atoms with Crippen molar-refractivity contribution in [3.05, 3.63) is 35.6 Å². The standard InChI is InChI=1S/C9H7NO3/c11-8-4-7(9(12)13-8)6-2-1-3-10-5-6/h1-4,10H,5H2. The van der Waals surface area contributed by atoms with E-state index in [1.54, 1.807) is 18.4 Å². The minimum atomic E-state index is -0.588. The van der Waals surface area contributed by atoms with Crippen LogP contribution in [0.1, 0.15) is 0 Å². The molecule has 0 saturated heterocycles. The minimum absolute atomic E-state index is 0.349. The third kappa shape index (κ3) is 1.38. The van der Waals surface area contributed by atoms with Gasteiger partial charge in [0.05, 0.1) is 5.57 Å². The van der Waals surface area contributed by atoms with E-state index in [9.17, 15) is 9.59 Å². The van der Waals surface area contributed by atoms with Gasteiger partial charge in [-0.1, -0.05) is 6.08 Å². The van der Waals surface area contributed by atoms with Crippen molar-refractivity contribution in [1.29, 1.82) is 0 Å². The van der Waals surface area contributed by atoms with Crippen LogP contribution in [0.4, 0.5) is 0 Å². The first-order valence-corrected chi connectivity index (χ1v) is 3.84. The van der Waals surface area contributed by atoms with Gasteiger partial charge in [0.2, 0.25) is 0 Å². The number of allylic oxidation sites excluding steroid dienone is 2. The number of rotatable bonds is 1. The SMILES string of the molecule is O=C1C=C(C2=CC=CNC2)C(=O)O1. The summed E-state index contributed by atoms with van der Waals surface area (Å²) < 4.78 is 4.36. The van der Waals surface area contributed by atoms with Crippen LogP contribution in [0.5, 0.6) is 0 Å². The summed E-state index contributed by atoms with van der Waals surface area (Å²) in [6.07, 6.45) is 6.54. The Morgan fingerprint density at radius 1 is 1.38 bits per heavy atom. The molecule has 2 aliphatic heterocycles. The Labute approximate surface area is 74.6 Å². The zero-order valence-corrected chi connectivity index (χ0v) is 6.74. The van der Waals surface area contributed by atoms with Crippen LogP contribution in [0.15, 0.2) is 35.6 Å². The van der Waals surface area contributed by atoms with Crippen molar-refractivity contribution in [1.82, 2.24) is 5.32 Å². The number of carbonyl (C=O) groups excluding carboxylic acids is 2. The van der Waals surface area contributed by atoms with E-state index in [-0.39, 0.29) is 0 Å². The molecule has 0 spiro atoms. The lowest BCUT2D eigenvalue weighted by atomic mass is 10.1. The van der Waals surface area contributed by atoms with Gasteiger partial charge in [-0.05, 0) is 17.8 Å². The van der Waals surface area contributed by atoms with Crippen molar-refractivity contribution in [3.63, 3.8) is 0 Å². The summed E-state index contributed by atoms with van der Waals surface area (Å²) in [7, 11) is 0. The first-order chi connectivity index (χ1) is 6.27. The average Bonchev–Trinajstić information content (AvgIpc) is 2.47. The Balaban J connectivity index is 2.30. The van der Waals surface area contributed by atoms with Crippen molar-refractivity contribution in [2.24, 2.45) is 0 Å². The maximum atomic E-state index is 11.1. The highest BCUT2D eigenvalue weighted by Gasteiger charge is 2.26.